The Morgan fingerprint density at radius 2 is 2.04 bits per heavy atom. The number of halogens is 1. The third-order valence-electron chi connectivity index (χ3n) is 5.20. The van der Waals surface area contributed by atoms with E-state index in [0.29, 0.717) is 24.6 Å². The normalized spacial score (nSPS) is 26.1. The van der Waals surface area contributed by atoms with Gasteiger partial charge < -0.3 is 10.5 Å². The molecule has 0 radical (unpaired) electrons. The number of benzene rings is 1. The smallest absolute Gasteiger partial charge is 0.338 e. The van der Waals surface area contributed by atoms with E-state index in [1.165, 1.54) is 10.4 Å². The van der Waals surface area contributed by atoms with Gasteiger partial charge in [0, 0.05) is 19.1 Å². The first kappa shape index (κ1) is 20.2. The first-order chi connectivity index (χ1) is 11.3. The summed E-state index contributed by atoms with van der Waals surface area (Å²) in [5.41, 5.74) is 7.00. The molecular formula is C17H25ClN2O4S. The Kier molecular flexibility index (Phi) is 6.14. The van der Waals surface area contributed by atoms with Gasteiger partial charge in [-0.15, -0.1) is 12.4 Å². The lowest BCUT2D eigenvalue weighted by molar-refractivity contribution is 0.0526. The van der Waals surface area contributed by atoms with Crippen LogP contribution in [0.25, 0.3) is 0 Å². The number of hydrogen-bond acceptors (Lipinski definition) is 5. The van der Waals surface area contributed by atoms with Crippen LogP contribution < -0.4 is 5.73 Å². The largest absolute Gasteiger partial charge is 0.462 e. The molecule has 0 bridgehead atoms. The number of carbonyl (C=O) groups excluding carboxylic acids is 1. The van der Waals surface area contributed by atoms with Gasteiger partial charge in [0.25, 0.3) is 0 Å². The Morgan fingerprint density at radius 1 is 1.32 bits per heavy atom. The summed E-state index contributed by atoms with van der Waals surface area (Å²) in [6, 6.07) is 4.77. The van der Waals surface area contributed by atoms with Crippen LogP contribution in [0.4, 0.5) is 0 Å². The van der Waals surface area contributed by atoms with E-state index in [0.717, 1.165) is 12.8 Å². The van der Waals surface area contributed by atoms with Crippen LogP contribution in [0.3, 0.4) is 0 Å². The highest BCUT2D eigenvalue weighted by Crippen LogP contribution is 2.39. The summed E-state index contributed by atoms with van der Waals surface area (Å²) in [6.07, 6.45) is 1.96. The van der Waals surface area contributed by atoms with Gasteiger partial charge in [-0.2, -0.15) is 4.31 Å². The van der Waals surface area contributed by atoms with Gasteiger partial charge in [0.2, 0.25) is 10.0 Å². The second-order valence-electron chi connectivity index (χ2n) is 6.69. The number of rotatable bonds is 4. The molecule has 1 aliphatic carbocycles. The standard InChI is InChI=1S/C17H24N2O4S.ClH/c1-3-23-17(20)12-5-4-11(2)16(8-12)24(21,22)19-9-13-6-7-15(18)14(13)10-19;/h4-5,8,13-15H,3,6-7,9-10,18H2,1-2H3;1H. The van der Waals surface area contributed by atoms with Gasteiger partial charge in [0.05, 0.1) is 17.1 Å². The molecule has 0 amide bonds. The third-order valence-corrected chi connectivity index (χ3v) is 7.17. The minimum Gasteiger partial charge on any atom is -0.462 e. The Balaban J connectivity index is 0.00000225. The highest BCUT2D eigenvalue weighted by molar-refractivity contribution is 7.89. The Hall–Kier alpha value is -1.15. The zero-order valence-electron chi connectivity index (χ0n) is 14.5. The Labute approximate surface area is 155 Å². The van der Waals surface area contributed by atoms with Crippen molar-refractivity contribution in [2.24, 2.45) is 17.6 Å². The number of nitrogens with two attached hydrogens (primary N) is 1. The van der Waals surface area contributed by atoms with E-state index in [9.17, 15) is 13.2 Å². The lowest BCUT2D eigenvalue weighted by Gasteiger charge is -2.20. The molecule has 25 heavy (non-hydrogen) atoms. The Bertz CT molecular complexity index is 753. The average Bonchev–Trinajstić information content (AvgIpc) is 3.11. The monoisotopic (exact) mass is 388 g/mol. The fourth-order valence-electron chi connectivity index (χ4n) is 3.82. The quantitative estimate of drug-likeness (QED) is 0.796. The number of nitrogens with zero attached hydrogens (tertiary/aromatic N) is 1. The summed E-state index contributed by atoms with van der Waals surface area (Å²) in [6.45, 7) is 4.70. The van der Waals surface area contributed by atoms with Gasteiger partial charge in [-0.05, 0) is 56.2 Å². The topological polar surface area (TPSA) is 89.7 Å². The zero-order chi connectivity index (χ0) is 17.5. The predicted molar refractivity (Wildman–Crippen MR) is 97.3 cm³/mol. The molecule has 0 spiro atoms. The average molecular weight is 389 g/mol. The van der Waals surface area contributed by atoms with Crippen molar-refractivity contribution < 1.29 is 17.9 Å². The molecule has 0 aromatic heterocycles. The number of fused-ring (bicyclic) bond motifs is 1. The van der Waals surface area contributed by atoms with Crippen molar-refractivity contribution in [3.8, 4) is 0 Å². The fraction of sp³-hybridized carbons (Fsp3) is 0.588. The van der Waals surface area contributed by atoms with Crippen molar-refractivity contribution in [2.75, 3.05) is 19.7 Å². The summed E-state index contributed by atoms with van der Waals surface area (Å²) in [5, 5.41) is 0. The minimum atomic E-state index is -3.64. The molecule has 3 rings (SSSR count). The second-order valence-corrected chi connectivity index (χ2v) is 8.59. The molecule has 2 aliphatic rings. The summed E-state index contributed by atoms with van der Waals surface area (Å²) in [5.74, 6) is 0.0888. The summed E-state index contributed by atoms with van der Waals surface area (Å²) >= 11 is 0. The molecule has 1 saturated heterocycles. The first-order valence-electron chi connectivity index (χ1n) is 8.38. The lowest BCUT2D eigenvalue weighted by Crippen LogP contribution is -2.34. The van der Waals surface area contributed by atoms with Gasteiger partial charge in [-0.3, -0.25) is 0 Å². The van der Waals surface area contributed by atoms with Crippen LogP contribution in [0.15, 0.2) is 23.1 Å². The molecule has 1 saturated carbocycles. The van der Waals surface area contributed by atoms with Crippen LogP contribution in [0.2, 0.25) is 0 Å². The maximum absolute atomic E-state index is 13.1. The summed E-state index contributed by atoms with van der Waals surface area (Å²) < 4.78 is 32.6. The van der Waals surface area contributed by atoms with Crippen molar-refractivity contribution >= 4 is 28.4 Å². The molecule has 1 aromatic carbocycles. The van der Waals surface area contributed by atoms with Gasteiger partial charge in [-0.25, -0.2) is 13.2 Å². The van der Waals surface area contributed by atoms with E-state index < -0.39 is 16.0 Å². The van der Waals surface area contributed by atoms with Gasteiger partial charge in [0.15, 0.2) is 0 Å². The highest BCUT2D eigenvalue weighted by Gasteiger charge is 2.45. The molecule has 1 heterocycles. The number of ether oxygens (including phenoxy) is 1. The Morgan fingerprint density at radius 3 is 2.68 bits per heavy atom. The maximum atomic E-state index is 13.1. The molecule has 3 atom stereocenters. The zero-order valence-corrected chi connectivity index (χ0v) is 16.1. The molecule has 3 unspecified atom stereocenters. The number of esters is 1. The van der Waals surface area contributed by atoms with E-state index >= 15 is 0 Å². The van der Waals surface area contributed by atoms with E-state index in [1.807, 2.05) is 0 Å². The number of carbonyl (C=O) groups is 1. The van der Waals surface area contributed by atoms with E-state index in [1.54, 1.807) is 26.0 Å². The van der Waals surface area contributed by atoms with Gasteiger partial charge >= 0.3 is 5.97 Å². The fourth-order valence-corrected chi connectivity index (χ4v) is 5.61. The van der Waals surface area contributed by atoms with Crippen LogP contribution in [0, 0.1) is 18.8 Å². The summed E-state index contributed by atoms with van der Waals surface area (Å²) in [7, 11) is -3.64. The van der Waals surface area contributed by atoms with Crippen molar-refractivity contribution in [1.29, 1.82) is 0 Å². The number of aryl methyl sites for hydroxylation is 1. The van der Waals surface area contributed by atoms with Crippen molar-refractivity contribution in [3.63, 3.8) is 0 Å². The molecule has 2 fully saturated rings. The van der Waals surface area contributed by atoms with Crippen LogP contribution in [-0.4, -0.2) is 44.4 Å². The van der Waals surface area contributed by atoms with Crippen LogP contribution in [0.1, 0.15) is 35.7 Å². The van der Waals surface area contributed by atoms with Crippen molar-refractivity contribution in [2.45, 2.75) is 37.6 Å². The SMILES string of the molecule is CCOC(=O)c1ccc(C)c(S(=O)(=O)N2CC3CCC(N)C3C2)c1.Cl. The lowest BCUT2D eigenvalue weighted by atomic mass is 9.98. The second kappa shape index (κ2) is 7.61. The van der Waals surface area contributed by atoms with Crippen LogP contribution in [0.5, 0.6) is 0 Å². The van der Waals surface area contributed by atoms with E-state index in [2.05, 4.69) is 0 Å². The van der Waals surface area contributed by atoms with E-state index in [4.69, 9.17) is 10.5 Å². The number of sulfonamides is 1. The first-order valence-corrected chi connectivity index (χ1v) is 9.82. The molecule has 2 N–H and O–H groups in total. The van der Waals surface area contributed by atoms with Crippen molar-refractivity contribution in [3.05, 3.63) is 29.3 Å². The highest BCUT2D eigenvalue weighted by atomic mass is 35.5. The predicted octanol–water partition coefficient (Wildman–Crippen LogP) is 1.95. The number of hydrogen-bond donors (Lipinski definition) is 1. The van der Waals surface area contributed by atoms with Gasteiger partial charge in [0.1, 0.15) is 0 Å². The minimum absolute atomic E-state index is 0. The summed E-state index contributed by atoms with van der Waals surface area (Å²) in [4.78, 5) is 12.1. The third kappa shape index (κ3) is 3.69. The van der Waals surface area contributed by atoms with Gasteiger partial charge in [-0.1, -0.05) is 6.07 Å². The molecule has 1 aromatic rings. The maximum Gasteiger partial charge on any atom is 0.338 e. The van der Waals surface area contributed by atoms with Crippen LogP contribution in [-0.2, 0) is 14.8 Å². The molecule has 140 valence electrons. The molecule has 6 nitrogen and oxygen atoms in total. The van der Waals surface area contributed by atoms with Crippen molar-refractivity contribution in [1.82, 2.24) is 4.31 Å². The van der Waals surface area contributed by atoms with E-state index in [-0.39, 0.29) is 41.4 Å². The molecular weight excluding hydrogens is 364 g/mol. The molecule has 8 heteroatoms. The molecule has 1 aliphatic heterocycles. The van der Waals surface area contributed by atoms with Crippen LogP contribution >= 0.6 is 12.4 Å².